The summed E-state index contributed by atoms with van der Waals surface area (Å²) in [6.07, 6.45) is 9.46. The first kappa shape index (κ1) is 32.0. The monoisotopic (exact) mass is 600 g/mol. The van der Waals surface area contributed by atoms with E-state index in [9.17, 15) is 24.3 Å². The SMILES string of the molecule is COC(=O)[C@]12CC[C@](C)(C(=O)O)C[C@H]1C1=CC[C@@H]3[C@@]4(C)CC[C@H](OC(C)=O)[C@@](C)(COC(C)=O)[C@@H]4CC[C@@]3(C)[C@]1(C)CC2. The van der Waals surface area contributed by atoms with E-state index in [2.05, 4.69) is 33.8 Å². The van der Waals surface area contributed by atoms with Crippen LogP contribution in [-0.2, 0) is 33.4 Å². The highest BCUT2D eigenvalue weighted by atomic mass is 16.6. The van der Waals surface area contributed by atoms with E-state index in [1.54, 1.807) is 0 Å². The second-order valence-electron chi connectivity index (χ2n) is 16.0. The zero-order valence-corrected chi connectivity index (χ0v) is 27.5. The fraction of sp³-hybridized carbons (Fsp3) is 0.829. The predicted octanol–water partition coefficient (Wildman–Crippen LogP) is 6.50. The molecule has 240 valence electrons. The molecule has 4 fully saturated rings. The second kappa shape index (κ2) is 10.3. The number of aliphatic carboxylic acids is 1. The Labute approximate surface area is 256 Å². The fourth-order valence-corrected chi connectivity index (χ4v) is 11.5. The molecule has 1 N–H and O–H groups in total. The first-order valence-electron chi connectivity index (χ1n) is 16.3. The molecule has 0 spiro atoms. The lowest BCUT2D eigenvalue weighted by atomic mass is 9.33. The minimum absolute atomic E-state index is 0.0711. The van der Waals surface area contributed by atoms with Gasteiger partial charge in [0.15, 0.2) is 0 Å². The van der Waals surface area contributed by atoms with Crippen LogP contribution in [-0.4, -0.2) is 48.8 Å². The summed E-state index contributed by atoms with van der Waals surface area (Å²) in [5.41, 5.74) is -1.13. The van der Waals surface area contributed by atoms with Crippen molar-refractivity contribution in [1.29, 1.82) is 0 Å². The molecule has 0 radical (unpaired) electrons. The van der Waals surface area contributed by atoms with E-state index < -0.39 is 22.2 Å². The first-order chi connectivity index (χ1) is 19.9. The van der Waals surface area contributed by atoms with Gasteiger partial charge in [-0.1, -0.05) is 39.3 Å². The number of methoxy groups -OCH3 is 1. The summed E-state index contributed by atoms with van der Waals surface area (Å²) in [6.45, 7) is 14.3. The quantitative estimate of drug-likeness (QED) is 0.216. The summed E-state index contributed by atoms with van der Waals surface area (Å²) in [5, 5.41) is 10.2. The van der Waals surface area contributed by atoms with Crippen molar-refractivity contribution in [3.05, 3.63) is 11.6 Å². The molecule has 5 aliphatic carbocycles. The van der Waals surface area contributed by atoms with Gasteiger partial charge in [-0.3, -0.25) is 19.2 Å². The van der Waals surface area contributed by atoms with Crippen LogP contribution in [0.2, 0.25) is 0 Å². The van der Waals surface area contributed by atoms with Crippen molar-refractivity contribution in [2.75, 3.05) is 13.7 Å². The Kier molecular flexibility index (Phi) is 7.70. The van der Waals surface area contributed by atoms with Crippen LogP contribution in [0.4, 0.5) is 0 Å². The lowest BCUT2D eigenvalue weighted by molar-refractivity contribution is -0.226. The maximum atomic E-state index is 13.5. The van der Waals surface area contributed by atoms with E-state index in [-0.39, 0.29) is 58.7 Å². The zero-order chi connectivity index (χ0) is 31.8. The minimum Gasteiger partial charge on any atom is -0.481 e. The predicted molar refractivity (Wildman–Crippen MR) is 160 cm³/mol. The number of carbonyl (C=O) groups is 4. The topological polar surface area (TPSA) is 116 Å². The molecule has 0 aliphatic heterocycles. The van der Waals surface area contributed by atoms with Crippen molar-refractivity contribution >= 4 is 23.9 Å². The lowest BCUT2D eigenvalue weighted by Crippen LogP contribution is -2.66. The summed E-state index contributed by atoms with van der Waals surface area (Å²) >= 11 is 0. The molecule has 0 saturated heterocycles. The molecule has 0 heterocycles. The Bertz CT molecular complexity index is 1240. The van der Waals surface area contributed by atoms with Crippen LogP contribution >= 0.6 is 0 Å². The van der Waals surface area contributed by atoms with Crippen LogP contribution in [0.3, 0.4) is 0 Å². The van der Waals surface area contributed by atoms with E-state index >= 15 is 0 Å². The smallest absolute Gasteiger partial charge is 0.312 e. The Morgan fingerprint density at radius 3 is 2.16 bits per heavy atom. The summed E-state index contributed by atoms with van der Waals surface area (Å²) in [6, 6.07) is 0. The molecule has 8 heteroatoms. The van der Waals surface area contributed by atoms with Gasteiger partial charge in [0.05, 0.1) is 17.9 Å². The van der Waals surface area contributed by atoms with Crippen LogP contribution in [0, 0.1) is 50.2 Å². The Hall–Kier alpha value is -2.38. The molecule has 0 unspecified atom stereocenters. The van der Waals surface area contributed by atoms with Gasteiger partial charge in [-0.2, -0.15) is 0 Å². The summed E-state index contributed by atoms with van der Waals surface area (Å²) in [7, 11) is 1.46. The number of rotatable bonds is 5. The van der Waals surface area contributed by atoms with Gasteiger partial charge in [0, 0.05) is 19.3 Å². The van der Waals surface area contributed by atoms with Gasteiger partial charge in [-0.15, -0.1) is 0 Å². The molecule has 43 heavy (non-hydrogen) atoms. The van der Waals surface area contributed by atoms with Gasteiger partial charge in [-0.25, -0.2) is 0 Å². The number of allylic oxidation sites excluding steroid dienone is 2. The average Bonchev–Trinajstić information content (AvgIpc) is 2.93. The number of carboxylic acids is 1. The van der Waals surface area contributed by atoms with Gasteiger partial charge >= 0.3 is 23.9 Å². The third-order valence-electron chi connectivity index (χ3n) is 14.2. The van der Waals surface area contributed by atoms with Crippen LogP contribution in [0.5, 0.6) is 0 Å². The fourth-order valence-electron chi connectivity index (χ4n) is 11.5. The Balaban J connectivity index is 1.57. The number of esters is 3. The molecule has 10 atom stereocenters. The van der Waals surface area contributed by atoms with Crippen molar-refractivity contribution < 1.29 is 38.5 Å². The standard InChI is InChI=1S/C35H52O8/c1-21(36)42-20-32(5)25-11-14-34(7)26(31(25,4)13-12-27(32)43-22(2)37)10-9-23-24-19-30(3,28(38)39)15-17-35(24,29(40)41-8)18-16-33(23,34)6/h9,24-27H,10-20H2,1-8H3,(H,38,39)/t24-,25+,26+,27-,30-,31-,32-,33+,34+,35-/m0/s1. The van der Waals surface area contributed by atoms with E-state index in [0.717, 1.165) is 38.5 Å². The van der Waals surface area contributed by atoms with Crippen LogP contribution in [0.25, 0.3) is 0 Å². The number of carbonyl (C=O) groups excluding carboxylic acids is 3. The van der Waals surface area contributed by atoms with Crippen molar-refractivity contribution in [2.45, 2.75) is 119 Å². The third kappa shape index (κ3) is 4.42. The molecule has 4 saturated carbocycles. The van der Waals surface area contributed by atoms with Gasteiger partial charge in [0.1, 0.15) is 12.7 Å². The van der Waals surface area contributed by atoms with E-state index in [1.165, 1.54) is 26.5 Å². The normalized spacial score (nSPS) is 46.9. The van der Waals surface area contributed by atoms with Crippen molar-refractivity contribution in [2.24, 2.45) is 50.2 Å². The molecule has 5 rings (SSSR count). The van der Waals surface area contributed by atoms with Crippen LogP contribution < -0.4 is 0 Å². The highest BCUT2D eigenvalue weighted by molar-refractivity contribution is 5.80. The molecule has 0 aromatic heterocycles. The second-order valence-corrected chi connectivity index (χ2v) is 16.0. The zero-order valence-electron chi connectivity index (χ0n) is 27.5. The molecular formula is C35H52O8. The number of fused-ring (bicyclic) bond motifs is 7. The summed E-state index contributed by atoms with van der Waals surface area (Å²) < 4.78 is 17.0. The highest BCUT2D eigenvalue weighted by Crippen LogP contribution is 2.76. The molecule has 0 aromatic carbocycles. The Morgan fingerprint density at radius 1 is 0.884 bits per heavy atom. The Morgan fingerprint density at radius 2 is 1.56 bits per heavy atom. The van der Waals surface area contributed by atoms with Gasteiger partial charge in [0.25, 0.3) is 0 Å². The van der Waals surface area contributed by atoms with Crippen molar-refractivity contribution in [3.63, 3.8) is 0 Å². The molecule has 0 aromatic rings. The highest BCUT2D eigenvalue weighted by Gasteiger charge is 2.70. The molecular weight excluding hydrogens is 548 g/mol. The van der Waals surface area contributed by atoms with Gasteiger partial charge in [0.2, 0.25) is 0 Å². The van der Waals surface area contributed by atoms with E-state index in [0.29, 0.717) is 31.6 Å². The number of hydrogen-bond acceptors (Lipinski definition) is 7. The van der Waals surface area contributed by atoms with E-state index in [4.69, 9.17) is 14.2 Å². The van der Waals surface area contributed by atoms with E-state index in [1.807, 2.05) is 6.92 Å². The molecule has 0 amide bonds. The van der Waals surface area contributed by atoms with Crippen LogP contribution in [0.1, 0.15) is 113 Å². The molecule has 8 nitrogen and oxygen atoms in total. The maximum Gasteiger partial charge on any atom is 0.312 e. The number of ether oxygens (including phenoxy) is 3. The summed E-state index contributed by atoms with van der Waals surface area (Å²) in [4.78, 5) is 50.1. The molecule has 5 aliphatic rings. The minimum atomic E-state index is -0.879. The number of carboxylic acid groups (broad SMARTS) is 1. The third-order valence-corrected chi connectivity index (χ3v) is 14.2. The number of hydrogen-bond donors (Lipinski definition) is 1. The van der Waals surface area contributed by atoms with Gasteiger partial charge < -0.3 is 19.3 Å². The first-order valence-corrected chi connectivity index (χ1v) is 16.3. The van der Waals surface area contributed by atoms with Crippen molar-refractivity contribution in [3.8, 4) is 0 Å². The maximum absolute atomic E-state index is 13.5. The largest absolute Gasteiger partial charge is 0.481 e. The van der Waals surface area contributed by atoms with Crippen molar-refractivity contribution in [1.82, 2.24) is 0 Å². The van der Waals surface area contributed by atoms with Crippen LogP contribution in [0.15, 0.2) is 11.6 Å². The average molecular weight is 601 g/mol. The lowest BCUT2D eigenvalue weighted by Gasteiger charge is -2.71. The van der Waals surface area contributed by atoms with Gasteiger partial charge in [-0.05, 0) is 105 Å². The summed E-state index contributed by atoms with van der Waals surface area (Å²) in [5.74, 6) is -1.25. The molecule has 0 bridgehead atoms.